The maximum atomic E-state index is 10.6. The molecule has 0 saturated carbocycles. The molecular formula is C11H9NO2S. The maximum absolute atomic E-state index is 10.6. The van der Waals surface area contributed by atoms with Crippen molar-refractivity contribution in [2.24, 2.45) is 0 Å². The lowest BCUT2D eigenvalue weighted by Crippen LogP contribution is -1.96. The van der Waals surface area contributed by atoms with Crippen molar-refractivity contribution in [3.05, 3.63) is 40.2 Å². The number of carboxylic acids is 1. The van der Waals surface area contributed by atoms with Crippen LogP contribution in [0.5, 0.6) is 0 Å². The minimum Gasteiger partial charge on any atom is -0.478 e. The highest BCUT2D eigenvalue weighted by Gasteiger charge is 2.06. The minimum absolute atomic E-state index is 0.214. The quantitative estimate of drug-likeness (QED) is 0.844. The van der Waals surface area contributed by atoms with Crippen molar-refractivity contribution < 1.29 is 9.90 Å². The number of rotatable bonds is 2. The van der Waals surface area contributed by atoms with Gasteiger partial charge in [0.2, 0.25) is 0 Å². The Hall–Kier alpha value is -1.68. The summed E-state index contributed by atoms with van der Waals surface area (Å²) in [5, 5.41) is 10.7. The molecule has 3 nitrogen and oxygen atoms in total. The van der Waals surface area contributed by atoms with E-state index >= 15 is 0 Å². The number of carbonyl (C=O) groups is 1. The number of carboxylic acid groups (broad SMARTS) is 1. The van der Waals surface area contributed by atoms with Gasteiger partial charge >= 0.3 is 5.97 Å². The second-order valence-corrected chi connectivity index (χ2v) is 4.25. The van der Waals surface area contributed by atoms with Crippen LogP contribution in [-0.4, -0.2) is 16.1 Å². The van der Waals surface area contributed by atoms with Gasteiger partial charge in [-0.15, -0.1) is 11.3 Å². The summed E-state index contributed by atoms with van der Waals surface area (Å²) in [5.41, 5.74) is 2.10. The van der Waals surface area contributed by atoms with Gasteiger partial charge in [-0.25, -0.2) is 4.79 Å². The van der Waals surface area contributed by atoms with Crippen molar-refractivity contribution in [1.82, 2.24) is 4.98 Å². The number of aryl methyl sites for hydroxylation is 1. The fourth-order valence-electron chi connectivity index (χ4n) is 1.33. The van der Waals surface area contributed by atoms with Crippen LogP contribution >= 0.6 is 11.3 Å². The summed E-state index contributed by atoms with van der Waals surface area (Å²) in [5.74, 6) is -0.948. The first-order valence-electron chi connectivity index (χ1n) is 4.42. The van der Waals surface area contributed by atoms with E-state index in [1.54, 1.807) is 23.5 Å². The number of nitrogens with zero attached hydrogens (tertiary/aromatic N) is 1. The summed E-state index contributed by atoms with van der Waals surface area (Å²) < 4.78 is 0. The van der Waals surface area contributed by atoms with Gasteiger partial charge in [-0.1, -0.05) is 0 Å². The molecule has 0 aliphatic rings. The van der Waals surface area contributed by atoms with Gasteiger partial charge in [0.1, 0.15) is 0 Å². The van der Waals surface area contributed by atoms with Crippen molar-refractivity contribution in [3.63, 3.8) is 0 Å². The summed E-state index contributed by atoms with van der Waals surface area (Å²) in [4.78, 5) is 15.9. The van der Waals surface area contributed by atoms with Gasteiger partial charge in [-0.05, 0) is 30.5 Å². The maximum Gasteiger partial charge on any atom is 0.337 e. The molecule has 4 heteroatoms. The predicted octanol–water partition coefficient (Wildman–Crippen LogP) is 2.82. The zero-order valence-electron chi connectivity index (χ0n) is 8.10. The average Bonchev–Trinajstić information content (AvgIpc) is 2.65. The molecule has 0 amide bonds. The molecule has 0 aliphatic heterocycles. The summed E-state index contributed by atoms with van der Waals surface area (Å²) in [6.07, 6.45) is 1.38. The Morgan fingerprint density at radius 1 is 1.40 bits per heavy atom. The van der Waals surface area contributed by atoms with Gasteiger partial charge < -0.3 is 5.11 Å². The number of pyridine rings is 1. The van der Waals surface area contributed by atoms with Gasteiger partial charge in [0.05, 0.1) is 11.3 Å². The minimum atomic E-state index is -0.948. The molecule has 0 unspecified atom stereocenters. The topological polar surface area (TPSA) is 50.2 Å². The molecule has 15 heavy (non-hydrogen) atoms. The lowest BCUT2D eigenvalue weighted by molar-refractivity contribution is 0.0696. The van der Waals surface area contributed by atoms with Crippen LogP contribution in [0.25, 0.3) is 11.3 Å². The van der Waals surface area contributed by atoms with Crippen molar-refractivity contribution in [1.29, 1.82) is 0 Å². The van der Waals surface area contributed by atoms with Gasteiger partial charge in [0.25, 0.3) is 0 Å². The van der Waals surface area contributed by atoms with Crippen LogP contribution in [0.15, 0.2) is 29.8 Å². The molecule has 0 aliphatic carbocycles. The number of aromatic carboxylic acids is 1. The third-order valence-electron chi connectivity index (χ3n) is 2.15. The highest BCUT2D eigenvalue weighted by atomic mass is 32.1. The zero-order valence-corrected chi connectivity index (χ0v) is 8.91. The van der Waals surface area contributed by atoms with E-state index in [1.165, 1.54) is 11.1 Å². The van der Waals surface area contributed by atoms with Crippen LogP contribution in [0.2, 0.25) is 0 Å². The molecule has 0 saturated heterocycles. The fourth-order valence-corrected chi connectivity index (χ4v) is 2.04. The molecule has 0 aromatic carbocycles. The van der Waals surface area contributed by atoms with Crippen molar-refractivity contribution in [3.8, 4) is 11.3 Å². The average molecular weight is 219 g/mol. The first-order valence-corrected chi connectivity index (χ1v) is 5.30. The molecule has 0 spiro atoms. The van der Waals surface area contributed by atoms with Gasteiger partial charge in [-0.3, -0.25) is 4.98 Å². The van der Waals surface area contributed by atoms with Crippen LogP contribution in [0.4, 0.5) is 0 Å². The van der Waals surface area contributed by atoms with Gasteiger partial charge in [-0.2, -0.15) is 0 Å². The molecule has 0 bridgehead atoms. The van der Waals surface area contributed by atoms with Crippen molar-refractivity contribution >= 4 is 17.3 Å². The molecule has 2 aromatic heterocycles. The molecule has 2 rings (SSSR count). The van der Waals surface area contributed by atoms with E-state index in [2.05, 4.69) is 4.98 Å². The van der Waals surface area contributed by atoms with E-state index in [1.807, 2.05) is 18.4 Å². The Labute approximate surface area is 91.0 Å². The lowest BCUT2D eigenvalue weighted by atomic mass is 10.1. The van der Waals surface area contributed by atoms with E-state index in [-0.39, 0.29) is 5.56 Å². The summed E-state index contributed by atoms with van der Waals surface area (Å²) in [7, 11) is 0. The standard InChI is InChI=1S/C11H9NO2S/c1-7-9(4-5-15-7)10-3-2-8(6-12-10)11(13)14/h2-6H,1H3,(H,13,14). The van der Waals surface area contributed by atoms with Crippen LogP contribution < -0.4 is 0 Å². The normalized spacial score (nSPS) is 10.2. The van der Waals surface area contributed by atoms with E-state index in [0.717, 1.165) is 11.3 Å². The number of hydrogen-bond donors (Lipinski definition) is 1. The van der Waals surface area contributed by atoms with Crippen LogP contribution in [0, 0.1) is 6.92 Å². The number of aromatic nitrogens is 1. The Bertz CT molecular complexity index is 488. The monoisotopic (exact) mass is 219 g/mol. The third-order valence-corrected chi connectivity index (χ3v) is 2.99. The second kappa shape index (κ2) is 3.82. The van der Waals surface area contributed by atoms with E-state index in [9.17, 15) is 4.79 Å². The molecule has 2 heterocycles. The van der Waals surface area contributed by atoms with Crippen molar-refractivity contribution in [2.75, 3.05) is 0 Å². The van der Waals surface area contributed by atoms with Crippen LogP contribution in [-0.2, 0) is 0 Å². The Kier molecular flexibility index (Phi) is 2.51. The molecule has 1 N–H and O–H groups in total. The lowest BCUT2D eigenvalue weighted by Gasteiger charge is -1.99. The Morgan fingerprint density at radius 3 is 2.67 bits per heavy atom. The first-order chi connectivity index (χ1) is 7.18. The summed E-state index contributed by atoms with van der Waals surface area (Å²) in [6, 6.07) is 5.29. The van der Waals surface area contributed by atoms with E-state index in [0.29, 0.717) is 0 Å². The largest absolute Gasteiger partial charge is 0.478 e. The SMILES string of the molecule is Cc1sccc1-c1ccc(C(=O)O)cn1. The van der Waals surface area contributed by atoms with Crippen LogP contribution in [0.1, 0.15) is 15.2 Å². The van der Waals surface area contributed by atoms with E-state index in [4.69, 9.17) is 5.11 Å². The smallest absolute Gasteiger partial charge is 0.337 e. The molecule has 0 radical (unpaired) electrons. The Morgan fingerprint density at radius 2 is 2.20 bits per heavy atom. The Balaban J connectivity index is 2.40. The molecule has 2 aromatic rings. The van der Waals surface area contributed by atoms with Crippen LogP contribution in [0.3, 0.4) is 0 Å². The number of hydrogen-bond acceptors (Lipinski definition) is 3. The summed E-state index contributed by atoms with van der Waals surface area (Å²) in [6.45, 7) is 2.02. The van der Waals surface area contributed by atoms with Gasteiger partial charge in [0, 0.05) is 16.6 Å². The third kappa shape index (κ3) is 1.89. The highest BCUT2D eigenvalue weighted by molar-refractivity contribution is 7.10. The molecular weight excluding hydrogens is 210 g/mol. The number of thiophene rings is 1. The van der Waals surface area contributed by atoms with Crippen molar-refractivity contribution in [2.45, 2.75) is 6.92 Å². The summed E-state index contributed by atoms with van der Waals surface area (Å²) >= 11 is 1.65. The predicted molar refractivity (Wildman–Crippen MR) is 59.2 cm³/mol. The first kappa shape index (κ1) is 9.86. The second-order valence-electron chi connectivity index (χ2n) is 3.13. The molecule has 76 valence electrons. The molecule has 0 fully saturated rings. The van der Waals surface area contributed by atoms with Gasteiger partial charge in [0.15, 0.2) is 0 Å². The zero-order chi connectivity index (χ0) is 10.8. The van der Waals surface area contributed by atoms with E-state index < -0.39 is 5.97 Å². The highest BCUT2D eigenvalue weighted by Crippen LogP contribution is 2.25. The fraction of sp³-hybridized carbons (Fsp3) is 0.0909. The molecule has 0 atom stereocenters.